The molecule has 0 bridgehead atoms. The summed E-state index contributed by atoms with van der Waals surface area (Å²) in [4.78, 5) is 22.9. The van der Waals surface area contributed by atoms with Crippen molar-refractivity contribution in [1.82, 2.24) is 0 Å². The van der Waals surface area contributed by atoms with Gasteiger partial charge in [-0.3, -0.25) is 0 Å². The van der Waals surface area contributed by atoms with Crippen molar-refractivity contribution < 1.29 is 46.6 Å². The summed E-state index contributed by atoms with van der Waals surface area (Å²) in [6, 6.07) is 18.9. The maximum absolute atomic E-state index is 14.1. The van der Waals surface area contributed by atoms with Gasteiger partial charge in [-0.25, -0.2) is 18.4 Å². The lowest BCUT2D eigenvalue weighted by atomic mass is 9.64. The molecule has 8 nitrogen and oxygen atoms in total. The molecule has 0 atom stereocenters. The molecule has 0 aromatic heterocycles. The molecule has 0 N–H and O–H groups in total. The Hall–Kier alpha value is -4.93. The highest BCUT2D eigenvalue weighted by atomic mass is 19.1. The summed E-state index contributed by atoms with van der Waals surface area (Å²) in [5, 5.41) is 0. The first-order valence-corrected chi connectivity index (χ1v) is 14.0. The smallest absolute Gasteiger partial charge is 0.343 e. The SMILES string of the molecule is C=COC(=O)c1ccc(Oc2ccc3c(c2)COB3C)c(F)c1.COC(=O)c1ccc(Oc2ccc3c(c2)COB3C)c(F)c1. The zero-order valence-electron chi connectivity index (χ0n) is 24.8. The van der Waals surface area contributed by atoms with E-state index in [2.05, 4.69) is 16.1 Å². The van der Waals surface area contributed by atoms with Crippen LogP contribution >= 0.6 is 0 Å². The van der Waals surface area contributed by atoms with Crippen molar-refractivity contribution in [2.75, 3.05) is 7.11 Å². The fourth-order valence-electron chi connectivity index (χ4n) is 4.88. The fourth-order valence-corrected chi connectivity index (χ4v) is 4.88. The second-order valence-corrected chi connectivity index (χ2v) is 10.2. The zero-order chi connectivity index (χ0) is 32.1. The van der Waals surface area contributed by atoms with Crippen molar-refractivity contribution in [1.29, 1.82) is 0 Å². The van der Waals surface area contributed by atoms with E-state index < -0.39 is 23.6 Å². The maximum atomic E-state index is 14.1. The molecule has 45 heavy (non-hydrogen) atoms. The van der Waals surface area contributed by atoms with E-state index in [9.17, 15) is 18.4 Å². The normalized spacial score (nSPS) is 12.8. The number of benzene rings is 4. The van der Waals surface area contributed by atoms with Crippen LogP contribution in [0.4, 0.5) is 8.78 Å². The predicted molar refractivity (Wildman–Crippen MR) is 165 cm³/mol. The molecule has 0 fully saturated rings. The minimum absolute atomic E-state index is 0.0343. The zero-order valence-corrected chi connectivity index (χ0v) is 24.8. The van der Waals surface area contributed by atoms with Crippen LogP contribution in [0.25, 0.3) is 0 Å². The van der Waals surface area contributed by atoms with E-state index in [-0.39, 0.29) is 36.5 Å². The highest BCUT2D eigenvalue weighted by Crippen LogP contribution is 2.28. The number of halogens is 2. The monoisotopic (exact) mass is 612 g/mol. The number of hydrogen-bond acceptors (Lipinski definition) is 8. The summed E-state index contributed by atoms with van der Waals surface area (Å²) in [7, 11) is 1.25. The van der Waals surface area contributed by atoms with Crippen molar-refractivity contribution in [2.24, 2.45) is 0 Å². The molecule has 2 aliphatic rings. The van der Waals surface area contributed by atoms with Gasteiger partial charge in [-0.1, -0.05) is 32.4 Å². The van der Waals surface area contributed by atoms with Crippen LogP contribution in [0.3, 0.4) is 0 Å². The summed E-state index contributed by atoms with van der Waals surface area (Å²) < 4.78 is 59.4. The average molecular weight is 612 g/mol. The van der Waals surface area contributed by atoms with Gasteiger partial charge in [0.25, 0.3) is 0 Å². The van der Waals surface area contributed by atoms with E-state index in [1.54, 1.807) is 12.1 Å². The fraction of sp³-hybridized carbons (Fsp3) is 0.152. The first-order valence-electron chi connectivity index (χ1n) is 14.0. The standard InChI is InChI=1S/C17H14BFO4.C16H14BFO4/c1-3-21-17(20)11-4-7-16(15(19)9-11)23-13-5-6-14-12(8-13)10-22-18(14)2;1-17-13-5-4-12(7-11(13)9-21-17)22-15-6-3-10(8-14(15)18)16(19)20-2/h3-9H,1,10H2,2H3;3-8H,9H2,1-2H3. The molecule has 4 aromatic carbocycles. The molecule has 0 radical (unpaired) electrons. The number of methoxy groups -OCH3 is 1. The summed E-state index contributed by atoms with van der Waals surface area (Å²) in [6.07, 6.45) is 0.998. The van der Waals surface area contributed by atoms with Crippen LogP contribution in [-0.2, 0) is 32.0 Å². The lowest BCUT2D eigenvalue weighted by Crippen LogP contribution is -2.23. The number of rotatable bonds is 7. The molecule has 228 valence electrons. The van der Waals surface area contributed by atoms with E-state index in [1.165, 1.54) is 31.4 Å². The molecule has 0 spiro atoms. The minimum atomic E-state index is -0.672. The van der Waals surface area contributed by atoms with Crippen molar-refractivity contribution in [3.05, 3.63) is 120 Å². The summed E-state index contributed by atoms with van der Waals surface area (Å²) >= 11 is 0. The number of carbonyl (C=O) groups excluding carboxylic acids is 2. The molecule has 4 aromatic rings. The van der Waals surface area contributed by atoms with Gasteiger partial charge in [0.2, 0.25) is 0 Å². The van der Waals surface area contributed by atoms with E-state index in [0.29, 0.717) is 24.7 Å². The second-order valence-electron chi connectivity index (χ2n) is 10.2. The van der Waals surface area contributed by atoms with Crippen molar-refractivity contribution >= 4 is 36.7 Å². The Bertz CT molecular complexity index is 1760. The molecule has 0 amide bonds. The topological polar surface area (TPSA) is 89.5 Å². The van der Waals surface area contributed by atoms with Gasteiger partial charge in [-0.2, -0.15) is 0 Å². The average Bonchev–Trinajstić information content (AvgIpc) is 3.60. The number of ether oxygens (including phenoxy) is 4. The van der Waals surface area contributed by atoms with Gasteiger partial charge in [0.05, 0.1) is 37.7 Å². The summed E-state index contributed by atoms with van der Waals surface area (Å²) in [6.45, 7) is 8.42. The first kappa shape index (κ1) is 31.5. The lowest BCUT2D eigenvalue weighted by molar-refractivity contribution is 0.0599. The molecule has 0 unspecified atom stereocenters. The summed E-state index contributed by atoms with van der Waals surface area (Å²) in [5.41, 5.74) is 4.53. The highest BCUT2D eigenvalue weighted by molar-refractivity contribution is 6.67. The van der Waals surface area contributed by atoms with Gasteiger partial charge < -0.3 is 28.3 Å². The Kier molecular flexibility index (Phi) is 9.65. The van der Waals surface area contributed by atoms with Gasteiger partial charge in [-0.15, -0.1) is 0 Å². The van der Waals surface area contributed by atoms with Gasteiger partial charge in [0.1, 0.15) is 11.5 Å². The Labute approximate surface area is 259 Å². The Morgan fingerprint density at radius 1 is 0.733 bits per heavy atom. The number of fused-ring (bicyclic) bond motifs is 2. The van der Waals surface area contributed by atoms with Gasteiger partial charge in [0, 0.05) is 0 Å². The van der Waals surface area contributed by atoms with Gasteiger partial charge >= 0.3 is 25.8 Å². The Morgan fingerprint density at radius 2 is 1.20 bits per heavy atom. The molecule has 2 heterocycles. The molecule has 0 saturated carbocycles. The van der Waals surface area contributed by atoms with E-state index >= 15 is 0 Å². The molecule has 6 rings (SSSR count). The number of hydrogen-bond donors (Lipinski definition) is 0. The van der Waals surface area contributed by atoms with Crippen LogP contribution in [0.15, 0.2) is 85.6 Å². The quantitative estimate of drug-likeness (QED) is 0.142. The summed E-state index contributed by atoms with van der Waals surface area (Å²) in [5.74, 6) is -1.39. The number of carbonyl (C=O) groups is 2. The van der Waals surface area contributed by atoms with E-state index in [4.69, 9.17) is 18.8 Å². The van der Waals surface area contributed by atoms with E-state index in [1.807, 2.05) is 37.9 Å². The van der Waals surface area contributed by atoms with Crippen molar-refractivity contribution in [2.45, 2.75) is 26.9 Å². The molecule has 0 aliphatic carbocycles. The number of esters is 2. The third kappa shape index (κ3) is 7.25. The molecule has 2 aliphatic heterocycles. The molecule has 12 heteroatoms. The second kappa shape index (κ2) is 13.8. The predicted octanol–water partition coefficient (Wildman–Crippen LogP) is 6.04. The molecular formula is C33H28B2F2O8. The molecule has 0 saturated heterocycles. The largest absolute Gasteiger partial charge is 0.465 e. The van der Waals surface area contributed by atoms with Crippen LogP contribution in [-0.4, -0.2) is 32.9 Å². The van der Waals surface area contributed by atoms with Gasteiger partial charge in [0.15, 0.2) is 23.1 Å². The maximum Gasteiger partial charge on any atom is 0.343 e. The van der Waals surface area contributed by atoms with Gasteiger partial charge in [-0.05, 0) is 82.7 Å². The van der Waals surface area contributed by atoms with Crippen LogP contribution < -0.4 is 20.4 Å². The molecular weight excluding hydrogens is 584 g/mol. The third-order valence-electron chi connectivity index (χ3n) is 7.25. The Balaban J connectivity index is 0.000000178. The van der Waals surface area contributed by atoms with Crippen LogP contribution in [0.5, 0.6) is 23.0 Å². The van der Waals surface area contributed by atoms with Crippen LogP contribution in [0, 0.1) is 11.6 Å². The minimum Gasteiger partial charge on any atom is -0.465 e. The highest BCUT2D eigenvalue weighted by Gasteiger charge is 2.25. The van der Waals surface area contributed by atoms with E-state index in [0.717, 1.165) is 40.4 Å². The Morgan fingerprint density at radius 3 is 1.62 bits per heavy atom. The van der Waals surface area contributed by atoms with Crippen molar-refractivity contribution in [3.8, 4) is 23.0 Å². The van der Waals surface area contributed by atoms with Crippen molar-refractivity contribution in [3.63, 3.8) is 0 Å². The first-order chi connectivity index (χ1) is 21.7. The lowest BCUT2D eigenvalue weighted by Gasteiger charge is -2.09. The van der Waals surface area contributed by atoms with Crippen LogP contribution in [0.2, 0.25) is 13.6 Å². The third-order valence-corrected chi connectivity index (χ3v) is 7.25. The van der Waals surface area contributed by atoms with Crippen LogP contribution in [0.1, 0.15) is 31.8 Å².